The Morgan fingerprint density at radius 2 is 1.86 bits per heavy atom. The van der Waals surface area contributed by atoms with Gasteiger partial charge in [-0.05, 0) is 12.0 Å². The number of rotatable bonds is 6. The third-order valence-corrected chi connectivity index (χ3v) is 3.35. The second kappa shape index (κ2) is 6.90. The zero-order valence-electron chi connectivity index (χ0n) is 12.1. The van der Waals surface area contributed by atoms with Crippen LogP contribution in [0.2, 0.25) is 0 Å². The van der Waals surface area contributed by atoms with Crippen molar-refractivity contribution in [1.29, 1.82) is 0 Å². The van der Waals surface area contributed by atoms with E-state index >= 15 is 0 Å². The van der Waals surface area contributed by atoms with Crippen LogP contribution in [0.25, 0.3) is 0 Å². The summed E-state index contributed by atoms with van der Waals surface area (Å²) >= 11 is 0. The van der Waals surface area contributed by atoms with Crippen LogP contribution in [0, 0.1) is 0 Å². The lowest BCUT2D eigenvalue weighted by molar-refractivity contribution is 0.548. The van der Waals surface area contributed by atoms with Gasteiger partial charge < -0.3 is 5.43 Å². The van der Waals surface area contributed by atoms with E-state index in [1.165, 1.54) is 15.2 Å². The molecule has 0 spiro atoms. The van der Waals surface area contributed by atoms with Gasteiger partial charge in [-0.15, -0.1) is 0 Å². The minimum Gasteiger partial charge on any atom is -0.310 e. The summed E-state index contributed by atoms with van der Waals surface area (Å²) in [5.74, 6) is 5.76. The summed E-state index contributed by atoms with van der Waals surface area (Å²) in [6, 6.07) is 10.9. The lowest BCUT2D eigenvalue weighted by Crippen LogP contribution is -2.41. The highest BCUT2D eigenvalue weighted by molar-refractivity contribution is 5.33. The molecule has 0 aliphatic carbocycles. The van der Waals surface area contributed by atoms with Crippen molar-refractivity contribution in [2.75, 3.05) is 5.43 Å². The predicted octanol–water partition coefficient (Wildman–Crippen LogP) is 1.14. The van der Waals surface area contributed by atoms with Crippen LogP contribution in [0.5, 0.6) is 0 Å². The first-order valence-corrected chi connectivity index (χ1v) is 7.02. The molecule has 6 nitrogen and oxygen atoms in total. The maximum Gasteiger partial charge on any atom is 0.332 e. The third-order valence-electron chi connectivity index (χ3n) is 3.35. The van der Waals surface area contributed by atoms with Crippen molar-refractivity contribution < 1.29 is 0 Å². The van der Waals surface area contributed by atoms with E-state index in [-0.39, 0.29) is 11.2 Å². The second-order valence-corrected chi connectivity index (χ2v) is 4.87. The molecular formula is C15H20N4O2. The molecule has 0 saturated carbocycles. The lowest BCUT2D eigenvalue weighted by Gasteiger charge is -2.14. The van der Waals surface area contributed by atoms with Crippen molar-refractivity contribution in [1.82, 2.24) is 9.13 Å². The number of nitrogens with one attached hydrogen (secondary N) is 1. The Bertz CT molecular complexity index is 704. The standard InChI is InChI=1S/C15H20N4O2/c1-2-3-9-18-14(20)10-13(17-16)19(15(18)21)11-12-7-5-4-6-8-12/h4-8,10,17H,2-3,9,11,16H2,1H3. The Hall–Kier alpha value is -2.34. The number of unbranched alkanes of at least 4 members (excludes halogenated alkanes) is 1. The molecule has 1 aromatic heterocycles. The molecule has 0 unspecified atom stereocenters. The van der Waals surface area contributed by atoms with E-state index in [1.54, 1.807) is 0 Å². The van der Waals surface area contributed by atoms with Gasteiger partial charge in [0.2, 0.25) is 0 Å². The van der Waals surface area contributed by atoms with Crippen LogP contribution < -0.4 is 22.5 Å². The molecule has 0 bridgehead atoms. The van der Waals surface area contributed by atoms with Gasteiger partial charge in [-0.2, -0.15) is 0 Å². The molecule has 6 heteroatoms. The van der Waals surface area contributed by atoms with E-state index < -0.39 is 0 Å². The van der Waals surface area contributed by atoms with Crippen LogP contribution in [0.15, 0.2) is 46.0 Å². The highest BCUT2D eigenvalue weighted by Crippen LogP contribution is 2.05. The number of nitrogen functional groups attached to an aromatic ring is 1. The quantitative estimate of drug-likeness (QED) is 0.617. The summed E-state index contributed by atoms with van der Waals surface area (Å²) in [6.07, 6.45) is 1.71. The van der Waals surface area contributed by atoms with Gasteiger partial charge in [-0.1, -0.05) is 43.7 Å². The van der Waals surface area contributed by atoms with E-state index in [4.69, 9.17) is 5.84 Å². The Kier molecular flexibility index (Phi) is 4.94. The summed E-state index contributed by atoms with van der Waals surface area (Å²) < 4.78 is 2.74. The molecule has 3 N–H and O–H groups in total. The van der Waals surface area contributed by atoms with Crippen LogP contribution in [0.4, 0.5) is 5.82 Å². The molecule has 0 aliphatic heterocycles. The van der Waals surface area contributed by atoms with Crippen molar-refractivity contribution in [3.8, 4) is 0 Å². The van der Waals surface area contributed by atoms with Gasteiger partial charge in [0, 0.05) is 12.6 Å². The fourth-order valence-electron chi connectivity index (χ4n) is 2.18. The number of hydrogen-bond donors (Lipinski definition) is 2. The van der Waals surface area contributed by atoms with Gasteiger partial charge in [0.25, 0.3) is 5.56 Å². The van der Waals surface area contributed by atoms with E-state index in [9.17, 15) is 9.59 Å². The molecule has 0 saturated heterocycles. The Labute approximate surface area is 122 Å². The molecule has 2 rings (SSSR count). The monoisotopic (exact) mass is 288 g/mol. The maximum absolute atomic E-state index is 12.5. The molecular weight excluding hydrogens is 268 g/mol. The number of nitrogens with two attached hydrogens (primary N) is 1. The first-order valence-electron chi connectivity index (χ1n) is 7.02. The summed E-state index contributed by atoms with van der Waals surface area (Å²) in [6.45, 7) is 2.81. The lowest BCUT2D eigenvalue weighted by atomic mass is 10.2. The first-order chi connectivity index (χ1) is 10.2. The minimum absolute atomic E-state index is 0.321. The molecule has 0 atom stereocenters. The van der Waals surface area contributed by atoms with E-state index in [0.717, 1.165) is 18.4 Å². The van der Waals surface area contributed by atoms with Crippen LogP contribution in [0.3, 0.4) is 0 Å². The SMILES string of the molecule is CCCCn1c(=O)cc(NN)n(Cc2ccccc2)c1=O. The molecule has 1 heterocycles. The molecule has 1 aromatic carbocycles. The van der Waals surface area contributed by atoms with Gasteiger partial charge in [0.1, 0.15) is 5.82 Å². The topological polar surface area (TPSA) is 82.0 Å². The normalized spacial score (nSPS) is 10.6. The largest absolute Gasteiger partial charge is 0.332 e. The maximum atomic E-state index is 12.5. The Morgan fingerprint density at radius 3 is 2.48 bits per heavy atom. The molecule has 0 amide bonds. The zero-order valence-corrected chi connectivity index (χ0v) is 12.1. The van der Waals surface area contributed by atoms with Crippen molar-refractivity contribution in [3.05, 3.63) is 62.8 Å². The summed E-state index contributed by atoms with van der Waals surface area (Å²) in [5, 5.41) is 0. The average Bonchev–Trinajstić information content (AvgIpc) is 2.50. The minimum atomic E-state index is -0.340. The van der Waals surface area contributed by atoms with Gasteiger partial charge in [0.05, 0.1) is 6.54 Å². The Morgan fingerprint density at radius 1 is 1.14 bits per heavy atom. The molecule has 0 aliphatic rings. The molecule has 21 heavy (non-hydrogen) atoms. The van der Waals surface area contributed by atoms with Crippen molar-refractivity contribution in [3.63, 3.8) is 0 Å². The van der Waals surface area contributed by atoms with Gasteiger partial charge in [-0.25, -0.2) is 10.6 Å². The van der Waals surface area contributed by atoms with Gasteiger partial charge in [0.15, 0.2) is 0 Å². The second-order valence-electron chi connectivity index (χ2n) is 4.87. The van der Waals surface area contributed by atoms with Crippen LogP contribution in [-0.2, 0) is 13.1 Å². The summed E-state index contributed by atoms with van der Waals surface area (Å²) in [4.78, 5) is 24.5. The fraction of sp³-hybridized carbons (Fsp3) is 0.333. The highest BCUT2D eigenvalue weighted by atomic mass is 16.2. The van der Waals surface area contributed by atoms with Crippen LogP contribution in [-0.4, -0.2) is 9.13 Å². The molecule has 112 valence electrons. The Balaban J connectivity index is 2.47. The summed E-state index contributed by atoms with van der Waals surface area (Å²) in [5.41, 5.74) is 2.73. The number of hydrogen-bond acceptors (Lipinski definition) is 4. The number of benzene rings is 1. The van der Waals surface area contributed by atoms with Crippen LogP contribution >= 0.6 is 0 Å². The number of hydrazine groups is 1. The number of anilines is 1. The molecule has 0 fully saturated rings. The smallest absolute Gasteiger partial charge is 0.310 e. The van der Waals surface area contributed by atoms with Crippen molar-refractivity contribution in [2.24, 2.45) is 5.84 Å². The predicted molar refractivity (Wildman–Crippen MR) is 83.2 cm³/mol. The van der Waals surface area contributed by atoms with E-state index in [0.29, 0.717) is 18.9 Å². The van der Waals surface area contributed by atoms with Crippen molar-refractivity contribution >= 4 is 5.82 Å². The third kappa shape index (κ3) is 3.41. The van der Waals surface area contributed by atoms with E-state index in [2.05, 4.69) is 5.43 Å². The average molecular weight is 288 g/mol. The first kappa shape index (κ1) is 15.1. The van der Waals surface area contributed by atoms with Gasteiger partial charge >= 0.3 is 5.69 Å². The van der Waals surface area contributed by atoms with Gasteiger partial charge in [-0.3, -0.25) is 13.9 Å². The fourth-order valence-corrected chi connectivity index (χ4v) is 2.18. The molecule has 2 aromatic rings. The van der Waals surface area contributed by atoms with Crippen LogP contribution in [0.1, 0.15) is 25.3 Å². The number of aromatic nitrogens is 2. The zero-order chi connectivity index (χ0) is 15.2. The van der Waals surface area contributed by atoms with Crippen molar-refractivity contribution in [2.45, 2.75) is 32.9 Å². The highest BCUT2D eigenvalue weighted by Gasteiger charge is 2.10. The van der Waals surface area contributed by atoms with E-state index in [1.807, 2.05) is 37.3 Å². The molecule has 0 radical (unpaired) electrons. The number of nitrogens with zero attached hydrogens (tertiary/aromatic N) is 2. The summed E-state index contributed by atoms with van der Waals surface area (Å²) in [7, 11) is 0.